The number of primary amides is 1. The van der Waals surface area contributed by atoms with Crippen LogP contribution in [0.1, 0.15) is 59.3 Å². The number of carbonyl (C=O) groups excluding carboxylic acids is 4. The van der Waals surface area contributed by atoms with Gasteiger partial charge in [-0.2, -0.15) is 0 Å². The third kappa shape index (κ3) is 7.57. The first kappa shape index (κ1) is 25.3. The lowest BCUT2D eigenvalue weighted by atomic mass is 9.95. The lowest BCUT2D eigenvalue weighted by Gasteiger charge is -2.31. The highest BCUT2D eigenvalue weighted by atomic mass is 16.2. The Hall–Kier alpha value is -2.78. The number of hydrogen-bond acceptors (Lipinski definition) is 6. The van der Waals surface area contributed by atoms with Crippen LogP contribution in [0.25, 0.3) is 0 Å². The highest BCUT2D eigenvalue weighted by Gasteiger charge is 2.43. The Kier molecular flexibility index (Phi) is 9.61. The van der Waals surface area contributed by atoms with Crippen molar-refractivity contribution < 1.29 is 19.2 Å². The van der Waals surface area contributed by atoms with Gasteiger partial charge in [-0.3, -0.25) is 19.2 Å². The molecule has 10 nitrogen and oxygen atoms in total. The molecule has 30 heavy (non-hydrogen) atoms. The Bertz CT molecular complexity index is 658. The van der Waals surface area contributed by atoms with Crippen molar-refractivity contribution in [2.45, 2.75) is 76.9 Å². The van der Waals surface area contributed by atoms with E-state index >= 15 is 0 Å². The fourth-order valence-corrected chi connectivity index (χ4v) is 3.66. The van der Waals surface area contributed by atoms with Crippen LogP contribution >= 0.6 is 0 Å². The lowest BCUT2D eigenvalue weighted by Crippen LogP contribution is -2.61. The Morgan fingerprint density at radius 1 is 1.07 bits per heavy atom. The molecule has 0 unspecified atom stereocenters. The first-order valence-electron chi connectivity index (χ1n) is 10.4. The van der Waals surface area contributed by atoms with Gasteiger partial charge in [0.25, 0.3) is 0 Å². The van der Waals surface area contributed by atoms with Crippen LogP contribution in [0.5, 0.6) is 0 Å². The lowest BCUT2D eigenvalue weighted by molar-refractivity contribution is -0.136. The zero-order valence-electron chi connectivity index (χ0n) is 18.2. The van der Waals surface area contributed by atoms with Crippen LogP contribution in [0.15, 0.2) is 12.4 Å². The summed E-state index contributed by atoms with van der Waals surface area (Å²) in [6.07, 6.45) is 3.46. The van der Waals surface area contributed by atoms with Crippen LogP contribution < -0.4 is 32.7 Å². The van der Waals surface area contributed by atoms with Crippen molar-refractivity contribution >= 4 is 23.6 Å². The van der Waals surface area contributed by atoms with Crippen LogP contribution in [0, 0.1) is 5.92 Å². The molecule has 170 valence electrons. The molecule has 4 amide bonds. The highest BCUT2D eigenvalue weighted by Crippen LogP contribution is 2.30. The van der Waals surface area contributed by atoms with Gasteiger partial charge < -0.3 is 32.7 Å². The van der Waals surface area contributed by atoms with Gasteiger partial charge in [0.1, 0.15) is 17.6 Å². The number of hydrogen-bond donors (Lipinski definition) is 6. The molecule has 1 fully saturated rings. The summed E-state index contributed by atoms with van der Waals surface area (Å²) in [6.45, 7) is 8.92. The molecule has 1 aliphatic rings. The fourth-order valence-electron chi connectivity index (χ4n) is 3.66. The summed E-state index contributed by atoms with van der Waals surface area (Å²) >= 11 is 0. The van der Waals surface area contributed by atoms with Gasteiger partial charge in [-0.05, 0) is 31.6 Å². The van der Waals surface area contributed by atoms with Gasteiger partial charge in [0.15, 0.2) is 0 Å². The second kappa shape index (κ2) is 11.4. The molecule has 0 radical (unpaired) electrons. The summed E-state index contributed by atoms with van der Waals surface area (Å²) in [5.41, 5.74) is 9.86. The first-order valence-corrected chi connectivity index (χ1v) is 10.4. The van der Waals surface area contributed by atoms with Gasteiger partial charge in [0.05, 0.1) is 5.82 Å². The number of rotatable bonds is 12. The predicted molar refractivity (Wildman–Crippen MR) is 113 cm³/mol. The summed E-state index contributed by atoms with van der Waals surface area (Å²) in [7, 11) is 0. The molecule has 1 aliphatic carbocycles. The monoisotopic (exact) mass is 424 g/mol. The van der Waals surface area contributed by atoms with Crippen molar-refractivity contribution in [1.29, 1.82) is 0 Å². The SMILES string of the molecule is C=C(N)NCCC[C@H](NC(=O)C1(NC(C)=O)CCCC1)C(=O)N[C@H](C(N)=O)C(C)C. The van der Waals surface area contributed by atoms with Gasteiger partial charge in [-0.25, -0.2) is 0 Å². The second-order valence-corrected chi connectivity index (χ2v) is 8.22. The molecular formula is C20H36N6O4. The molecule has 0 aromatic carbocycles. The molecule has 0 aliphatic heterocycles. The van der Waals surface area contributed by atoms with Gasteiger partial charge in [0, 0.05) is 13.5 Å². The number of amides is 4. The van der Waals surface area contributed by atoms with E-state index in [1.54, 1.807) is 13.8 Å². The average molecular weight is 425 g/mol. The van der Waals surface area contributed by atoms with E-state index in [4.69, 9.17) is 11.5 Å². The van der Waals surface area contributed by atoms with E-state index in [9.17, 15) is 19.2 Å². The molecule has 8 N–H and O–H groups in total. The van der Waals surface area contributed by atoms with E-state index in [1.807, 2.05) is 0 Å². The average Bonchev–Trinajstić information content (AvgIpc) is 3.10. The van der Waals surface area contributed by atoms with Crippen molar-refractivity contribution in [2.24, 2.45) is 17.4 Å². The maximum absolute atomic E-state index is 13.1. The molecule has 1 rings (SSSR count). The molecule has 2 atom stereocenters. The third-order valence-electron chi connectivity index (χ3n) is 5.22. The minimum absolute atomic E-state index is 0.203. The molecule has 10 heteroatoms. The van der Waals surface area contributed by atoms with Gasteiger partial charge in [0.2, 0.25) is 23.6 Å². The van der Waals surface area contributed by atoms with E-state index in [0.717, 1.165) is 12.8 Å². The molecule has 0 heterocycles. The van der Waals surface area contributed by atoms with Gasteiger partial charge in [-0.1, -0.05) is 33.3 Å². The number of nitrogens with two attached hydrogens (primary N) is 2. The predicted octanol–water partition coefficient (Wildman–Crippen LogP) is -0.654. The maximum Gasteiger partial charge on any atom is 0.246 e. The summed E-state index contributed by atoms with van der Waals surface area (Å²) < 4.78 is 0. The van der Waals surface area contributed by atoms with Crippen LogP contribution in [0.3, 0.4) is 0 Å². The third-order valence-corrected chi connectivity index (χ3v) is 5.22. The minimum atomic E-state index is -1.02. The topological polar surface area (TPSA) is 168 Å². The van der Waals surface area contributed by atoms with Gasteiger partial charge >= 0.3 is 0 Å². The van der Waals surface area contributed by atoms with Crippen molar-refractivity contribution in [1.82, 2.24) is 21.3 Å². The summed E-state index contributed by atoms with van der Waals surface area (Å²) in [4.78, 5) is 49.3. The summed E-state index contributed by atoms with van der Waals surface area (Å²) in [5, 5.41) is 11.0. The number of carbonyl (C=O) groups is 4. The number of nitrogens with one attached hydrogen (secondary N) is 4. The zero-order chi connectivity index (χ0) is 22.9. The first-order chi connectivity index (χ1) is 14.0. The quantitative estimate of drug-likeness (QED) is 0.227. The molecule has 0 aromatic heterocycles. The normalized spacial score (nSPS) is 16.9. The molecule has 0 bridgehead atoms. The van der Waals surface area contributed by atoms with E-state index in [0.29, 0.717) is 38.0 Å². The van der Waals surface area contributed by atoms with E-state index in [-0.39, 0.29) is 11.8 Å². The molecular weight excluding hydrogens is 388 g/mol. The zero-order valence-corrected chi connectivity index (χ0v) is 18.2. The second-order valence-electron chi connectivity index (χ2n) is 8.22. The minimum Gasteiger partial charge on any atom is -0.386 e. The highest BCUT2D eigenvalue weighted by molar-refractivity contribution is 5.96. The van der Waals surface area contributed by atoms with E-state index in [1.165, 1.54) is 6.92 Å². The Balaban J connectivity index is 2.94. The standard InChI is InChI=1S/C20H36N6O4/c1-12(2)16(17(22)28)25-18(29)15(8-7-11-23-13(3)21)24-19(30)20(26-14(4)27)9-5-6-10-20/h12,15-16,23H,3,5-11,21H2,1-2,4H3,(H2,22,28)(H,24,30)(H,25,29)(H,26,27)/t15-,16-/m0/s1. The van der Waals surface area contributed by atoms with Crippen molar-refractivity contribution in [3.8, 4) is 0 Å². The van der Waals surface area contributed by atoms with Crippen molar-refractivity contribution in [3.05, 3.63) is 12.4 Å². The largest absolute Gasteiger partial charge is 0.386 e. The van der Waals surface area contributed by atoms with Crippen LogP contribution in [0.2, 0.25) is 0 Å². The molecule has 0 saturated heterocycles. The fraction of sp³-hybridized carbons (Fsp3) is 0.700. The maximum atomic E-state index is 13.1. The van der Waals surface area contributed by atoms with Crippen molar-refractivity contribution in [3.63, 3.8) is 0 Å². The van der Waals surface area contributed by atoms with E-state index < -0.39 is 35.3 Å². The Morgan fingerprint density at radius 3 is 2.13 bits per heavy atom. The van der Waals surface area contributed by atoms with Crippen LogP contribution in [-0.4, -0.2) is 47.8 Å². The Labute approximate surface area is 178 Å². The Morgan fingerprint density at radius 2 is 1.67 bits per heavy atom. The smallest absolute Gasteiger partial charge is 0.246 e. The van der Waals surface area contributed by atoms with Crippen LogP contribution in [0.4, 0.5) is 0 Å². The molecule has 0 aromatic rings. The summed E-state index contributed by atoms with van der Waals surface area (Å²) in [6, 6.07) is -1.74. The van der Waals surface area contributed by atoms with E-state index in [2.05, 4.69) is 27.8 Å². The molecule has 1 saturated carbocycles. The molecule has 0 spiro atoms. The van der Waals surface area contributed by atoms with Crippen molar-refractivity contribution in [2.75, 3.05) is 6.54 Å². The summed E-state index contributed by atoms with van der Waals surface area (Å²) in [5.74, 6) is -1.73. The van der Waals surface area contributed by atoms with Crippen LogP contribution in [-0.2, 0) is 19.2 Å². The van der Waals surface area contributed by atoms with Gasteiger partial charge in [-0.15, -0.1) is 0 Å².